The van der Waals surface area contributed by atoms with Gasteiger partial charge >= 0.3 is 0 Å². The third kappa shape index (κ3) is 13.0. The topological polar surface area (TPSA) is 132 Å². The highest BCUT2D eigenvalue weighted by molar-refractivity contribution is 7.28. The van der Waals surface area contributed by atoms with Crippen LogP contribution in [-0.2, 0) is 6.54 Å². The average Bonchev–Trinajstić information content (AvgIpc) is 1.56. The van der Waals surface area contributed by atoms with E-state index in [-0.39, 0.29) is 0 Å². The monoisotopic (exact) mass is 1900 g/mol. The van der Waals surface area contributed by atoms with Crippen LogP contribution >= 0.6 is 34.0 Å². The lowest BCUT2D eigenvalue weighted by Crippen LogP contribution is -2.12. The molecule has 1 aliphatic carbocycles. The Kier molecular flexibility index (Phi) is 18.9. The van der Waals surface area contributed by atoms with Crippen molar-refractivity contribution in [1.29, 1.82) is 0 Å². The first-order valence-corrected chi connectivity index (χ1v) is 52.0. The smallest absolute Gasteiger partial charge is 0.246 e. The van der Waals surface area contributed by atoms with Crippen LogP contribution in [0.1, 0.15) is 51.5 Å². The van der Waals surface area contributed by atoms with Gasteiger partial charge in [0, 0.05) is 139 Å². The molecule has 0 N–H and O–H groups in total. The zero-order valence-corrected chi connectivity index (χ0v) is 80.5. The molecule has 0 aliphatic heterocycles. The fourth-order valence-electron chi connectivity index (χ4n) is 23.5. The van der Waals surface area contributed by atoms with E-state index in [9.17, 15) is 0 Å². The van der Waals surface area contributed by atoms with E-state index in [1.54, 1.807) is 0 Å². The van der Waals surface area contributed by atoms with Gasteiger partial charge in [0.25, 0.3) is 0 Å². The Balaban J connectivity index is 0.000000101. The second-order valence-electron chi connectivity index (χ2n) is 38.2. The molecule has 0 bridgehead atoms. The number of furan rings is 3. The van der Waals surface area contributed by atoms with Gasteiger partial charge in [-0.2, -0.15) is 0 Å². The van der Waals surface area contributed by atoms with Gasteiger partial charge in [0.1, 0.15) is 33.3 Å². The number of fused-ring (bicyclic) bond motifs is 36. The summed E-state index contributed by atoms with van der Waals surface area (Å²) in [6.45, 7) is 3.24. The quantitative estimate of drug-likeness (QED) is 0.131. The summed E-state index contributed by atoms with van der Waals surface area (Å²) in [5.41, 5.74) is 27.9. The van der Waals surface area contributed by atoms with Crippen LogP contribution in [-0.4, -0.2) is 43.6 Å². The van der Waals surface area contributed by atoms with Crippen molar-refractivity contribution in [2.45, 2.75) is 58.0 Å². The van der Waals surface area contributed by atoms with Crippen molar-refractivity contribution in [3.8, 4) is 72.8 Å². The third-order valence-corrected chi connectivity index (χ3v) is 33.7. The van der Waals surface area contributed by atoms with Crippen molar-refractivity contribution in [3.63, 3.8) is 0 Å². The van der Waals surface area contributed by atoms with Crippen LogP contribution in [0.4, 0.5) is 0 Å². The highest BCUT2D eigenvalue weighted by Gasteiger charge is 2.28. The average molecular weight is 1900 g/mol. The summed E-state index contributed by atoms with van der Waals surface area (Å²) in [6, 6.07) is 136. The van der Waals surface area contributed by atoms with Crippen LogP contribution in [0.25, 0.3) is 298 Å². The maximum absolute atomic E-state index is 6.26. The minimum atomic E-state index is 0.541. The number of thiophene rings is 3. The molecular weight excluding hydrogens is 1820 g/mol. The van der Waals surface area contributed by atoms with E-state index in [1.165, 1.54) is 197 Å². The Morgan fingerprint density at radius 2 is 0.681 bits per heavy atom. The molecule has 12 aromatic heterocycles. The molecule has 0 spiro atoms. The predicted molar refractivity (Wildman–Crippen MR) is 604 cm³/mol. The van der Waals surface area contributed by atoms with E-state index >= 15 is 0 Å². The summed E-state index contributed by atoms with van der Waals surface area (Å²) in [4.78, 5) is 29.6. The largest absolute Gasteiger partial charge is 0.436 e. The Morgan fingerprint density at radius 3 is 1.23 bits per heavy atom. The van der Waals surface area contributed by atoms with Crippen LogP contribution in [0.3, 0.4) is 0 Å². The van der Waals surface area contributed by atoms with Gasteiger partial charge in [-0.15, -0.1) is 34.0 Å². The molecular formula is C129H83N9O3S3. The second kappa shape index (κ2) is 32.9. The van der Waals surface area contributed by atoms with Crippen molar-refractivity contribution in [2.24, 2.45) is 0 Å². The van der Waals surface area contributed by atoms with Gasteiger partial charge in [0.15, 0.2) is 0 Å². The maximum Gasteiger partial charge on any atom is 0.246 e. The fraction of sp³-hybridized carbons (Fsp3) is 0.0698. The molecule has 1 fully saturated rings. The van der Waals surface area contributed by atoms with Crippen molar-refractivity contribution in [1.82, 2.24) is 43.6 Å². The third-order valence-electron chi connectivity index (χ3n) is 30.1. The Hall–Kier alpha value is -17.3. The lowest BCUT2D eigenvalue weighted by atomic mass is 9.95. The number of benzene rings is 19. The Morgan fingerprint density at radius 1 is 0.278 bits per heavy atom. The van der Waals surface area contributed by atoms with Crippen LogP contribution in [0.15, 0.2) is 408 Å². The molecule has 0 unspecified atom stereocenters. The van der Waals surface area contributed by atoms with Crippen molar-refractivity contribution < 1.29 is 13.3 Å². The molecule has 32 rings (SSSR count). The second-order valence-corrected chi connectivity index (χ2v) is 41.3. The highest BCUT2D eigenvalue weighted by Crippen LogP contribution is 2.52. The summed E-state index contributed by atoms with van der Waals surface area (Å²) in [6.07, 6.45) is 13.2. The molecule has 680 valence electrons. The maximum atomic E-state index is 6.26. The zero-order valence-electron chi connectivity index (χ0n) is 78.0. The molecule has 0 saturated heterocycles. The SMILES string of the molecule is CCCn1c2ccc(-c3cccc(-c4cnc5c(n4)oc4ccc6ccccc6c45)c3)cc2c2c3sc4ccccc4c3ccc21.c1cc(-c2ccc3c(c2)c2c4sc5ccccc5c4ccc2n3C2CCCCC2)cc(-c2cnc3c(n2)oc2ccc4ccccc4c23)c1.c1ccc(-n2c3ccccc3c3c4sc5c(-c6cccc(-c7cnc8c(n7)oc7ccc9ccccc9c78)c6)cccc5c4ccc32)cc1. The molecule has 0 radical (unpaired) electrons. The summed E-state index contributed by atoms with van der Waals surface area (Å²) < 4.78 is 34.3. The highest BCUT2D eigenvalue weighted by atomic mass is 32.1. The van der Waals surface area contributed by atoms with Crippen molar-refractivity contribution in [2.75, 3.05) is 0 Å². The number of aromatic nitrogens is 9. The molecule has 12 nitrogen and oxygen atoms in total. The molecule has 1 aliphatic rings. The van der Waals surface area contributed by atoms with E-state index in [2.05, 4.69) is 379 Å². The van der Waals surface area contributed by atoms with Gasteiger partial charge in [0.2, 0.25) is 17.1 Å². The van der Waals surface area contributed by atoms with Gasteiger partial charge in [-0.1, -0.05) is 293 Å². The van der Waals surface area contributed by atoms with E-state index in [1.807, 2.05) is 70.8 Å². The van der Waals surface area contributed by atoms with Gasteiger partial charge in [-0.25, -0.2) is 29.9 Å². The van der Waals surface area contributed by atoms with E-state index in [0.717, 1.165) is 129 Å². The minimum absolute atomic E-state index is 0.541. The molecule has 12 heterocycles. The summed E-state index contributed by atoms with van der Waals surface area (Å²) in [5, 5.41) is 25.9. The number of nitrogens with zero attached hydrogens (tertiary/aromatic N) is 9. The molecule has 0 atom stereocenters. The summed E-state index contributed by atoms with van der Waals surface area (Å²) in [7, 11) is 0. The molecule has 144 heavy (non-hydrogen) atoms. The summed E-state index contributed by atoms with van der Waals surface area (Å²) >= 11 is 5.72. The van der Waals surface area contributed by atoms with Crippen LogP contribution in [0.5, 0.6) is 0 Å². The van der Waals surface area contributed by atoms with Crippen molar-refractivity contribution in [3.05, 3.63) is 395 Å². The molecule has 0 amide bonds. The van der Waals surface area contributed by atoms with Gasteiger partial charge in [-0.05, 0) is 194 Å². The molecule has 31 aromatic rings. The van der Waals surface area contributed by atoms with Crippen LogP contribution in [0.2, 0.25) is 0 Å². The molecule has 1 saturated carbocycles. The molecule has 19 aromatic carbocycles. The van der Waals surface area contributed by atoms with Crippen molar-refractivity contribution >= 4 is 259 Å². The Bertz CT molecular complexity index is 10800. The van der Waals surface area contributed by atoms with E-state index < -0.39 is 0 Å². The fourth-order valence-corrected chi connectivity index (χ4v) is 27.4. The first-order chi connectivity index (χ1) is 71.3. The first kappa shape index (κ1) is 82.5. The lowest BCUT2D eigenvalue weighted by Gasteiger charge is -2.25. The summed E-state index contributed by atoms with van der Waals surface area (Å²) in [5.74, 6) is 0. The van der Waals surface area contributed by atoms with Gasteiger partial charge in [0.05, 0.1) is 73.9 Å². The number of hydrogen-bond acceptors (Lipinski definition) is 12. The number of rotatable bonds is 10. The minimum Gasteiger partial charge on any atom is -0.436 e. The molecule has 15 heteroatoms. The normalized spacial score (nSPS) is 12.9. The standard InChI is InChI=1S/C44H25N3OS.C44H31N3OS.C41H27N3OS/c1-2-13-29(14-3-1)47-36-19-7-6-16-34(36)39-37(47)22-21-33-32-18-9-17-31(42(32)49-43(33)39)27-11-8-12-28(24-27)35-25-45-41-40-30-15-5-4-10-26(30)20-23-38(40)48-44(41)46-35;1-2-12-30(13-3-1)47-36-20-17-28(24-34(36)40-37(47)21-19-33-32-15-6-7-16-39(32)49-43(33)40)27-10-8-11-29(23-27)35-25-45-42-41-31-14-5-4-9-26(31)18-22-38(41)48-44(42)46-35;1-2-20-44-33-17-14-26(22-31(33)37-34(44)18-16-30-29-12-5-6-13-36(29)46-40(30)37)25-9-7-10-27(21-25)32-23-42-39-38-28-11-4-3-8-24(28)15-19-35(38)45-41(39)43-32/h1-25H;4-11,14-25,30H,1-3,12-13H2;3-19,21-23H,2,20H2,1H3. The lowest BCUT2D eigenvalue weighted by molar-refractivity contribution is 0.367. The number of aryl methyl sites for hydroxylation is 1. The van der Waals surface area contributed by atoms with Crippen LogP contribution in [0, 0.1) is 0 Å². The number of para-hydroxylation sites is 2. The van der Waals surface area contributed by atoms with Gasteiger partial charge < -0.3 is 27.0 Å². The Labute approximate surface area is 834 Å². The first-order valence-electron chi connectivity index (χ1n) is 49.5. The predicted octanol–water partition coefficient (Wildman–Crippen LogP) is 36.9. The van der Waals surface area contributed by atoms with E-state index in [4.69, 9.17) is 43.2 Å². The number of hydrogen-bond donors (Lipinski definition) is 0. The van der Waals surface area contributed by atoms with Crippen LogP contribution < -0.4 is 0 Å². The van der Waals surface area contributed by atoms with Gasteiger partial charge in [-0.3, -0.25) is 0 Å². The van der Waals surface area contributed by atoms with E-state index in [0.29, 0.717) is 23.2 Å². The zero-order chi connectivity index (χ0) is 94.5.